The standard InChI is InChI=1S/C14H14F3N3OS/c1-20(2)8-11(21)12-7-18-13(22-12)19-10-6-4-3-5-9(10)14(15,16)17/h3-7H,8H2,1-2H3,(H,18,19). The first-order valence-corrected chi connectivity index (χ1v) is 7.16. The van der Waals surface area contributed by atoms with Crippen molar-refractivity contribution in [2.24, 2.45) is 0 Å². The molecule has 0 aliphatic heterocycles. The van der Waals surface area contributed by atoms with Crippen LogP contribution in [0.5, 0.6) is 0 Å². The van der Waals surface area contributed by atoms with E-state index in [2.05, 4.69) is 10.3 Å². The first-order valence-electron chi connectivity index (χ1n) is 6.34. The lowest BCUT2D eigenvalue weighted by Gasteiger charge is -2.12. The van der Waals surface area contributed by atoms with Gasteiger partial charge in [-0.1, -0.05) is 23.5 Å². The van der Waals surface area contributed by atoms with Crippen molar-refractivity contribution in [2.45, 2.75) is 6.18 Å². The largest absolute Gasteiger partial charge is 0.418 e. The molecule has 0 aliphatic carbocycles. The Kier molecular flexibility index (Phi) is 4.82. The third-order valence-electron chi connectivity index (χ3n) is 2.71. The fourth-order valence-corrected chi connectivity index (χ4v) is 2.54. The van der Waals surface area contributed by atoms with E-state index in [1.54, 1.807) is 19.0 Å². The number of nitrogens with one attached hydrogen (secondary N) is 1. The molecular weight excluding hydrogens is 315 g/mol. The zero-order valence-electron chi connectivity index (χ0n) is 11.9. The number of para-hydroxylation sites is 1. The van der Waals surface area contributed by atoms with Gasteiger partial charge in [0.15, 0.2) is 10.9 Å². The Hall–Kier alpha value is -1.93. The van der Waals surface area contributed by atoms with Gasteiger partial charge in [-0.05, 0) is 26.2 Å². The van der Waals surface area contributed by atoms with Crippen LogP contribution in [0.25, 0.3) is 0 Å². The summed E-state index contributed by atoms with van der Waals surface area (Å²) >= 11 is 1.03. The van der Waals surface area contributed by atoms with Crippen LogP contribution in [0.15, 0.2) is 30.5 Å². The molecule has 8 heteroatoms. The predicted molar refractivity (Wildman–Crippen MR) is 79.7 cm³/mol. The summed E-state index contributed by atoms with van der Waals surface area (Å²) in [5, 5.41) is 2.88. The summed E-state index contributed by atoms with van der Waals surface area (Å²) in [5.41, 5.74) is -0.859. The van der Waals surface area contributed by atoms with E-state index in [0.29, 0.717) is 4.88 Å². The number of rotatable bonds is 5. The Balaban J connectivity index is 2.19. The summed E-state index contributed by atoms with van der Waals surface area (Å²) in [6.45, 7) is 0.223. The number of benzene rings is 1. The average Bonchev–Trinajstić information content (AvgIpc) is 2.86. The van der Waals surface area contributed by atoms with Crippen molar-refractivity contribution in [3.8, 4) is 0 Å². The van der Waals surface area contributed by atoms with Crippen LogP contribution in [0.1, 0.15) is 15.2 Å². The van der Waals surface area contributed by atoms with Gasteiger partial charge in [-0.3, -0.25) is 4.79 Å². The number of carbonyl (C=O) groups excluding carboxylic acids is 1. The van der Waals surface area contributed by atoms with Gasteiger partial charge in [0.25, 0.3) is 0 Å². The van der Waals surface area contributed by atoms with E-state index < -0.39 is 11.7 Å². The fourth-order valence-electron chi connectivity index (χ4n) is 1.78. The van der Waals surface area contributed by atoms with Gasteiger partial charge in [-0.25, -0.2) is 4.98 Å². The number of halogens is 3. The number of likely N-dealkylation sites (N-methyl/N-ethyl adjacent to an activating group) is 1. The molecule has 118 valence electrons. The Morgan fingerprint density at radius 2 is 2.00 bits per heavy atom. The molecule has 0 fully saturated rings. The van der Waals surface area contributed by atoms with E-state index in [1.807, 2.05) is 0 Å². The predicted octanol–water partition coefficient (Wildman–Crippen LogP) is 3.65. The summed E-state index contributed by atoms with van der Waals surface area (Å²) in [6.07, 6.45) is -3.08. The number of ketones is 1. The smallest absolute Gasteiger partial charge is 0.331 e. The molecule has 0 radical (unpaired) electrons. The van der Waals surface area contributed by atoms with Gasteiger partial charge in [-0.2, -0.15) is 13.2 Å². The molecule has 1 heterocycles. The van der Waals surface area contributed by atoms with Crippen LogP contribution in [-0.2, 0) is 6.18 Å². The van der Waals surface area contributed by atoms with Gasteiger partial charge in [0.2, 0.25) is 0 Å². The molecule has 0 spiro atoms. The molecule has 0 aliphatic rings. The number of hydrogen-bond acceptors (Lipinski definition) is 5. The number of carbonyl (C=O) groups is 1. The second kappa shape index (κ2) is 6.45. The lowest BCUT2D eigenvalue weighted by molar-refractivity contribution is -0.136. The van der Waals surface area contributed by atoms with Gasteiger partial charge < -0.3 is 10.2 Å². The SMILES string of the molecule is CN(C)CC(=O)c1cnc(Nc2ccccc2C(F)(F)F)s1. The first kappa shape index (κ1) is 16.4. The highest BCUT2D eigenvalue weighted by molar-refractivity contribution is 7.17. The minimum atomic E-state index is -4.45. The van der Waals surface area contributed by atoms with Crippen LogP contribution in [0.2, 0.25) is 0 Å². The highest BCUT2D eigenvalue weighted by Crippen LogP contribution is 2.36. The van der Waals surface area contributed by atoms with Gasteiger partial charge in [0.05, 0.1) is 28.9 Å². The van der Waals surface area contributed by atoms with E-state index in [9.17, 15) is 18.0 Å². The molecule has 0 bridgehead atoms. The third kappa shape index (κ3) is 4.05. The lowest BCUT2D eigenvalue weighted by Crippen LogP contribution is -2.20. The molecule has 0 atom stereocenters. The average molecular weight is 329 g/mol. The molecule has 4 nitrogen and oxygen atoms in total. The molecular formula is C14H14F3N3OS. The van der Waals surface area contributed by atoms with Crippen molar-refractivity contribution in [1.82, 2.24) is 9.88 Å². The number of hydrogen-bond donors (Lipinski definition) is 1. The van der Waals surface area contributed by atoms with Gasteiger partial charge in [0, 0.05) is 0 Å². The van der Waals surface area contributed by atoms with Crippen molar-refractivity contribution in [2.75, 3.05) is 26.0 Å². The van der Waals surface area contributed by atoms with Gasteiger partial charge in [0.1, 0.15) is 0 Å². The summed E-state index contributed by atoms with van der Waals surface area (Å²) in [6, 6.07) is 5.14. The molecule has 1 aromatic carbocycles. The highest BCUT2D eigenvalue weighted by atomic mass is 32.1. The third-order valence-corrected chi connectivity index (χ3v) is 3.67. The van der Waals surface area contributed by atoms with E-state index in [-0.39, 0.29) is 23.1 Å². The normalized spacial score (nSPS) is 11.7. The number of thiazole rings is 1. The topological polar surface area (TPSA) is 45.2 Å². The molecule has 0 amide bonds. The van der Waals surface area contributed by atoms with E-state index in [4.69, 9.17) is 0 Å². The van der Waals surface area contributed by atoms with Crippen LogP contribution < -0.4 is 5.32 Å². The minimum absolute atomic E-state index is 0.0871. The minimum Gasteiger partial charge on any atom is -0.331 e. The summed E-state index contributed by atoms with van der Waals surface area (Å²) in [7, 11) is 3.52. The number of anilines is 2. The van der Waals surface area contributed by atoms with E-state index >= 15 is 0 Å². The second-order valence-corrected chi connectivity index (χ2v) is 5.89. The van der Waals surface area contributed by atoms with Crippen LogP contribution in [0.3, 0.4) is 0 Å². The summed E-state index contributed by atoms with van der Waals surface area (Å²) in [4.78, 5) is 18.0. The number of aromatic nitrogens is 1. The number of Topliss-reactive ketones (excluding diaryl/α,β-unsaturated/α-hetero) is 1. The maximum atomic E-state index is 12.9. The van der Waals surface area contributed by atoms with Crippen molar-refractivity contribution in [3.63, 3.8) is 0 Å². The Morgan fingerprint density at radius 1 is 1.32 bits per heavy atom. The van der Waals surface area contributed by atoms with Crippen LogP contribution in [-0.4, -0.2) is 36.3 Å². The highest BCUT2D eigenvalue weighted by Gasteiger charge is 2.33. The van der Waals surface area contributed by atoms with Crippen LogP contribution in [0.4, 0.5) is 24.0 Å². The Bertz CT molecular complexity index is 667. The Morgan fingerprint density at radius 3 is 2.64 bits per heavy atom. The van der Waals surface area contributed by atoms with Gasteiger partial charge >= 0.3 is 6.18 Å². The molecule has 2 aromatic rings. The van der Waals surface area contributed by atoms with Crippen molar-refractivity contribution < 1.29 is 18.0 Å². The zero-order chi connectivity index (χ0) is 16.3. The fraction of sp³-hybridized carbons (Fsp3) is 0.286. The zero-order valence-corrected chi connectivity index (χ0v) is 12.8. The van der Waals surface area contributed by atoms with E-state index in [1.165, 1.54) is 24.4 Å². The van der Waals surface area contributed by atoms with Crippen molar-refractivity contribution in [1.29, 1.82) is 0 Å². The molecule has 1 aromatic heterocycles. The van der Waals surface area contributed by atoms with Crippen molar-refractivity contribution >= 4 is 27.9 Å². The van der Waals surface area contributed by atoms with Crippen LogP contribution in [0, 0.1) is 0 Å². The molecule has 0 saturated carbocycles. The maximum absolute atomic E-state index is 12.9. The molecule has 22 heavy (non-hydrogen) atoms. The van der Waals surface area contributed by atoms with Crippen LogP contribution >= 0.6 is 11.3 Å². The molecule has 1 N–H and O–H groups in total. The molecule has 2 rings (SSSR count). The van der Waals surface area contributed by atoms with E-state index in [0.717, 1.165) is 17.4 Å². The summed E-state index contributed by atoms with van der Waals surface area (Å²) in [5.74, 6) is -0.125. The number of nitrogens with zero attached hydrogens (tertiary/aromatic N) is 2. The first-order chi connectivity index (χ1) is 10.3. The monoisotopic (exact) mass is 329 g/mol. The molecule has 0 unspecified atom stereocenters. The van der Waals surface area contributed by atoms with Crippen molar-refractivity contribution in [3.05, 3.63) is 40.9 Å². The maximum Gasteiger partial charge on any atom is 0.418 e. The molecule has 0 saturated heterocycles. The lowest BCUT2D eigenvalue weighted by atomic mass is 10.2. The van der Waals surface area contributed by atoms with Gasteiger partial charge in [-0.15, -0.1) is 0 Å². The quantitative estimate of drug-likeness (QED) is 0.851. The summed E-state index contributed by atoms with van der Waals surface area (Å²) < 4.78 is 38.7. The number of alkyl halides is 3. The second-order valence-electron chi connectivity index (χ2n) is 4.86. The Labute approximate surface area is 129 Å².